The van der Waals surface area contributed by atoms with Crippen molar-refractivity contribution in [1.82, 2.24) is 15.1 Å². The monoisotopic (exact) mass is 247 g/mol. The number of hydrogen-bond donors (Lipinski definition) is 1. The van der Waals surface area contributed by atoms with E-state index >= 15 is 0 Å². The first kappa shape index (κ1) is 12.8. The van der Waals surface area contributed by atoms with Crippen LogP contribution in [0.15, 0.2) is 30.5 Å². The maximum Gasteiger partial charge on any atom is 0.128 e. The minimum Gasteiger partial charge on any atom is -0.316 e. The van der Waals surface area contributed by atoms with E-state index in [-0.39, 0.29) is 5.82 Å². The van der Waals surface area contributed by atoms with Gasteiger partial charge in [0.2, 0.25) is 0 Å². The molecule has 1 aromatic heterocycles. The third kappa shape index (κ3) is 2.59. The minimum atomic E-state index is -0.175. The van der Waals surface area contributed by atoms with Crippen LogP contribution in [0.25, 0.3) is 11.3 Å². The lowest BCUT2D eigenvalue weighted by molar-refractivity contribution is 0.597. The van der Waals surface area contributed by atoms with Gasteiger partial charge in [0, 0.05) is 30.4 Å². The topological polar surface area (TPSA) is 29.9 Å². The summed E-state index contributed by atoms with van der Waals surface area (Å²) in [4.78, 5) is 0. The summed E-state index contributed by atoms with van der Waals surface area (Å²) in [6, 6.07) is 7.27. The van der Waals surface area contributed by atoms with E-state index in [1.807, 2.05) is 29.9 Å². The molecule has 0 amide bonds. The minimum absolute atomic E-state index is 0.175. The van der Waals surface area contributed by atoms with Gasteiger partial charge < -0.3 is 5.32 Å². The fourth-order valence-electron chi connectivity index (χ4n) is 2.01. The molecule has 0 spiro atoms. The molecule has 0 bridgehead atoms. The average Bonchev–Trinajstić information content (AvgIpc) is 2.81. The summed E-state index contributed by atoms with van der Waals surface area (Å²) < 4.78 is 15.8. The van der Waals surface area contributed by atoms with Crippen molar-refractivity contribution in [1.29, 1.82) is 0 Å². The molecular formula is C14H18FN3. The Labute approximate surface area is 107 Å². The second kappa shape index (κ2) is 5.78. The van der Waals surface area contributed by atoms with Crippen LogP contribution in [0.1, 0.15) is 18.9 Å². The molecule has 18 heavy (non-hydrogen) atoms. The molecule has 0 atom stereocenters. The SMILES string of the molecule is CCCn1nccc1-c1ccc(CNC)c(F)c1. The van der Waals surface area contributed by atoms with Crippen molar-refractivity contribution in [2.75, 3.05) is 7.05 Å². The highest BCUT2D eigenvalue weighted by Crippen LogP contribution is 2.22. The first-order valence-corrected chi connectivity index (χ1v) is 6.21. The highest BCUT2D eigenvalue weighted by Gasteiger charge is 2.08. The van der Waals surface area contributed by atoms with Crippen LogP contribution in [-0.2, 0) is 13.1 Å². The van der Waals surface area contributed by atoms with Gasteiger partial charge in [0.15, 0.2) is 0 Å². The number of nitrogens with zero attached hydrogens (tertiary/aromatic N) is 2. The lowest BCUT2D eigenvalue weighted by Gasteiger charge is -2.08. The number of halogens is 1. The molecule has 1 N–H and O–H groups in total. The fraction of sp³-hybridized carbons (Fsp3) is 0.357. The van der Waals surface area contributed by atoms with Crippen molar-refractivity contribution in [3.05, 3.63) is 41.8 Å². The van der Waals surface area contributed by atoms with Gasteiger partial charge in [0.05, 0.1) is 5.69 Å². The Bertz CT molecular complexity index is 520. The molecule has 0 saturated carbocycles. The Morgan fingerprint density at radius 2 is 2.17 bits per heavy atom. The standard InChI is InChI=1S/C14H18FN3/c1-3-8-18-14(6-7-17-18)11-4-5-12(10-16-2)13(15)9-11/h4-7,9,16H,3,8,10H2,1-2H3. The second-order valence-corrected chi connectivity index (χ2v) is 4.28. The zero-order chi connectivity index (χ0) is 13.0. The Kier molecular flexibility index (Phi) is 4.10. The largest absolute Gasteiger partial charge is 0.316 e. The summed E-state index contributed by atoms with van der Waals surface area (Å²) in [7, 11) is 1.81. The van der Waals surface area contributed by atoms with Crippen LogP contribution in [0.3, 0.4) is 0 Å². The van der Waals surface area contributed by atoms with Crippen LogP contribution in [0.2, 0.25) is 0 Å². The van der Waals surface area contributed by atoms with E-state index in [9.17, 15) is 4.39 Å². The quantitative estimate of drug-likeness (QED) is 0.880. The summed E-state index contributed by atoms with van der Waals surface area (Å²) in [5.74, 6) is -0.175. The normalized spacial score (nSPS) is 10.8. The predicted molar refractivity (Wildman–Crippen MR) is 70.7 cm³/mol. The molecule has 96 valence electrons. The smallest absolute Gasteiger partial charge is 0.128 e. The highest BCUT2D eigenvalue weighted by atomic mass is 19.1. The molecule has 0 aliphatic carbocycles. The van der Waals surface area contributed by atoms with Gasteiger partial charge in [-0.3, -0.25) is 4.68 Å². The maximum absolute atomic E-state index is 13.9. The van der Waals surface area contributed by atoms with Crippen molar-refractivity contribution in [2.45, 2.75) is 26.4 Å². The Morgan fingerprint density at radius 3 is 2.83 bits per heavy atom. The van der Waals surface area contributed by atoms with Gasteiger partial charge in [-0.05, 0) is 25.6 Å². The van der Waals surface area contributed by atoms with E-state index in [1.54, 1.807) is 12.3 Å². The van der Waals surface area contributed by atoms with Crippen molar-refractivity contribution < 1.29 is 4.39 Å². The highest BCUT2D eigenvalue weighted by molar-refractivity contribution is 5.59. The van der Waals surface area contributed by atoms with Gasteiger partial charge in [-0.1, -0.05) is 19.1 Å². The van der Waals surface area contributed by atoms with Gasteiger partial charge in [0.1, 0.15) is 5.82 Å². The molecule has 2 aromatic rings. The summed E-state index contributed by atoms with van der Waals surface area (Å²) in [6.07, 6.45) is 2.76. The van der Waals surface area contributed by atoms with E-state index in [0.717, 1.165) is 24.2 Å². The predicted octanol–water partition coefficient (Wildman–Crippen LogP) is 2.82. The molecule has 0 fully saturated rings. The Balaban J connectivity index is 2.33. The van der Waals surface area contributed by atoms with E-state index < -0.39 is 0 Å². The number of nitrogens with one attached hydrogen (secondary N) is 1. The zero-order valence-corrected chi connectivity index (χ0v) is 10.8. The summed E-state index contributed by atoms with van der Waals surface area (Å²) in [6.45, 7) is 3.49. The Hall–Kier alpha value is -1.68. The van der Waals surface area contributed by atoms with Gasteiger partial charge in [-0.15, -0.1) is 0 Å². The van der Waals surface area contributed by atoms with E-state index in [2.05, 4.69) is 17.3 Å². The van der Waals surface area contributed by atoms with Gasteiger partial charge in [-0.2, -0.15) is 5.10 Å². The van der Waals surface area contributed by atoms with Crippen molar-refractivity contribution in [2.24, 2.45) is 0 Å². The lowest BCUT2D eigenvalue weighted by Crippen LogP contribution is -2.07. The van der Waals surface area contributed by atoms with Crippen molar-refractivity contribution >= 4 is 0 Å². The van der Waals surface area contributed by atoms with Crippen LogP contribution in [-0.4, -0.2) is 16.8 Å². The molecule has 0 radical (unpaired) electrons. The van der Waals surface area contributed by atoms with Crippen LogP contribution in [0.5, 0.6) is 0 Å². The number of aryl methyl sites for hydroxylation is 1. The average molecular weight is 247 g/mol. The summed E-state index contributed by atoms with van der Waals surface area (Å²) in [5.41, 5.74) is 2.52. The van der Waals surface area contributed by atoms with Crippen LogP contribution in [0.4, 0.5) is 4.39 Å². The maximum atomic E-state index is 13.9. The molecule has 0 aliphatic heterocycles. The molecule has 3 nitrogen and oxygen atoms in total. The molecular weight excluding hydrogens is 229 g/mol. The molecule has 0 unspecified atom stereocenters. The third-order valence-corrected chi connectivity index (χ3v) is 2.87. The zero-order valence-electron chi connectivity index (χ0n) is 10.8. The molecule has 4 heteroatoms. The summed E-state index contributed by atoms with van der Waals surface area (Å²) in [5, 5.41) is 7.21. The molecule has 2 rings (SSSR count). The van der Waals surface area contributed by atoms with Gasteiger partial charge >= 0.3 is 0 Å². The number of hydrogen-bond acceptors (Lipinski definition) is 2. The van der Waals surface area contributed by atoms with E-state index in [1.165, 1.54) is 0 Å². The number of rotatable bonds is 5. The summed E-state index contributed by atoms with van der Waals surface area (Å²) >= 11 is 0. The fourth-order valence-corrected chi connectivity index (χ4v) is 2.01. The third-order valence-electron chi connectivity index (χ3n) is 2.87. The van der Waals surface area contributed by atoms with E-state index in [0.29, 0.717) is 12.1 Å². The van der Waals surface area contributed by atoms with Crippen LogP contribution >= 0.6 is 0 Å². The molecule has 1 heterocycles. The van der Waals surface area contributed by atoms with Crippen molar-refractivity contribution in [3.63, 3.8) is 0 Å². The molecule has 0 aliphatic rings. The Morgan fingerprint density at radius 1 is 1.33 bits per heavy atom. The van der Waals surface area contributed by atoms with Gasteiger partial charge in [0.25, 0.3) is 0 Å². The first-order chi connectivity index (χ1) is 8.76. The second-order valence-electron chi connectivity index (χ2n) is 4.28. The van der Waals surface area contributed by atoms with Crippen LogP contribution < -0.4 is 5.32 Å². The first-order valence-electron chi connectivity index (χ1n) is 6.21. The van der Waals surface area contributed by atoms with Crippen LogP contribution in [0, 0.1) is 5.82 Å². The number of benzene rings is 1. The molecule has 1 aromatic carbocycles. The number of aromatic nitrogens is 2. The molecule has 0 saturated heterocycles. The lowest BCUT2D eigenvalue weighted by atomic mass is 10.1. The van der Waals surface area contributed by atoms with Crippen molar-refractivity contribution in [3.8, 4) is 11.3 Å². The van der Waals surface area contributed by atoms with E-state index in [4.69, 9.17) is 0 Å². The van der Waals surface area contributed by atoms with Gasteiger partial charge in [-0.25, -0.2) is 4.39 Å².